The minimum atomic E-state index is -3.77. The van der Waals surface area contributed by atoms with Gasteiger partial charge in [0.05, 0.1) is 10.6 Å². The molecule has 3 aromatic carbocycles. The van der Waals surface area contributed by atoms with Crippen LogP contribution < -0.4 is 15.4 Å². The second kappa shape index (κ2) is 8.58. The lowest BCUT2D eigenvalue weighted by Gasteiger charge is -2.28. The van der Waals surface area contributed by atoms with Gasteiger partial charge in [-0.25, -0.2) is 8.42 Å². The van der Waals surface area contributed by atoms with Crippen molar-refractivity contribution in [3.8, 4) is 5.75 Å². The van der Waals surface area contributed by atoms with E-state index in [-0.39, 0.29) is 16.4 Å². The van der Waals surface area contributed by atoms with Crippen LogP contribution in [0.15, 0.2) is 71.6 Å². The molecule has 0 spiro atoms. The molecule has 2 amide bonds. The Hall–Kier alpha value is -3.69. The van der Waals surface area contributed by atoms with Crippen LogP contribution in [0.3, 0.4) is 0 Å². The number of amides is 2. The lowest BCUT2D eigenvalue weighted by molar-refractivity contribution is -0.122. The van der Waals surface area contributed by atoms with Gasteiger partial charge in [-0.1, -0.05) is 30.3 Å². The lowest BCUT2D eigenvalue weighted by Crippen LogP contribution is -2.36. The zero-order valence-electron chi connectivity index (χ0n) is 18.4. The summed E-state index contributed by atoms with van der Waals surface area (Å²) in [6, 6.07) is 18.7. The molecule has 2 N–H and O–H groups in total. The number of hydrogen-bond acceptors (Lipinski definition) is 5. The van der Waals surface area contributed by atoms with Crippen LogP contribution in [0.1, 0.15) is 28.4 Å². The second-order valence-electron chi connectivity index (χ2n) is 8.30. The van der Waals surface area contributed by atoms with Crippen molar-refractivity contribution in [3.63, 3.8) is 0 Å². The van der Waals surface area contributed by atoms with Crippen molar-refractivity contribution in [2.45, 2.75) is 30.9 Å². The highest BCUT2D eigenvalue weighted by Gasteiger charge is 2.29. The smallest absolute Gasteiger partial charge is 0.265 e. The van der Waals surface area contributed by atoms with Gasteiger partial charge < -0.3 is 15.4 Å². The Labute approximate surface area is 197 Å². The summed E-state index contributed by atoms with van der Waals surface area (Å²) < 4.78 is 33.5. The van der Waals surface area contributed by atoms with E-state index in [0.29, 0.717) is 36.6 Å². The summed E-state index contributed by atoms with van der Waals surface area (Å²) in [6.07, 6.45) is 0.0541. The first-order valence-corrected chi connectivity index (χ1v) is 12.4. The molecule has 0 fully saturated rings. The summed E-state index contributed by atoms with van der Waals surface area (Å²) in [7, 11) is -3.77. The van der Waals surface area contributed by atoms with E-state index >= 15 is 0 Å². The Morgan fingerprint density at radius 1 is 1.06 bits per heavy atom. The van der Waals surface area contributed by atoms with Crippen molar-refractivity contribution in [3.05, 3.63) is 83.4 Å². The van der Waals surface area contributed by atoms with Crippen LogP contribution in [0.2, 0.25) is 0 Å². The van der Waals surface area contributed by atoms with E-state index in [1.807, 2.05) is 24.3 Å². The normalized spacial score (nSPS) is 17.7. The maximum Gasteiger partial charge on any atom is 0.265 e. The molecule has 0 unspecified atom stereocenters. The first kappa shape index (κ1) is 22.1. The molecule has 2 aliphatic rings. The SMILES string of the molecule is C[C@H]1Oc2ccc(NC(=O)c3cccc(S(=O)(=O)N4CCc5ccccc5C4)c3)cc2NC1=O. The number of carbonyl (C=O) groups excluding carboxylic acids is 2. The van der Waals surface area contributed by atoms with Crippen LogP contribution in [-0.2, 0) is 27.8 Å². The number of ether oxygens (including phenoxy) is 1. The zero-order valence-corrected chi connectivity index (χ0v) is 19.3. The highest BCUT2D eigenvalue weighted by atomic mass is 32.2. The number of fused-ring (bicyclic) bond motifs is 2. The predicted octanol–water partition coefficient (Wildman–Crippen LogP) is 3.41. The number of nitrogens with zero attached hydrogens (tertiary/aromatic N) is 1. The molecule has 0 bridgehead atoms. The van der Waals surface area contributed by atoms with Crippen molar-refractivity contribution in [1.82, 2.24) is 4.31 Å². The Bertz CT molecular complexity index is 1400. The topological polar surface area (TPSA) is 105 Å². The Morgan fingerprint density at radius 3 is 2.68 bits per heavy atom. The molecule has 0 aromatic heterocycles. The van der Waals surface area contributed by atoms with Gasteiger partial charge in [-0.05, 0) is 60.9 Å². The molecule has 1 atom stereocenters. The molecule has 2 aliphatic heterocycles. The highest BCUT2D eigenvalue weighted by molar-refractivity contribution is 7.89. The fourth-order valence-electron chi connectivity index (χ4n) is 4.11. The average molecular weight is 478 g/mol. The van der Waals surface area contributed by atoms with Gasteiger partial charge in [-0.15, -0.1) is 0 Å². The highest BCUT2D eigenvalue weighted by Crippen LogP contribution is 2.32. The quantitative estimate of drug-likeness (QED) is 0.599. The van der Waals surface area contributed by atoms with Crippen molar-refractivity contribution < 1.29 is 22.7 Å². The summed E-state index contributed by atoms with van der Waals surface area (Å²) >= 11 is 0. The number of rotatable bonds is 4. The minimum absolute atomic E-state index is 0.0691. The molecule has 34 heavy (non-hydrogen) atoms. The first-order chi connectivity index (χ1) is 16.3. The molecule has 0 radical (unpaired) electrons. The van der Waals surface area contributed by atoms with Crippen LogP contribution >= 0.6 is 0 Å². The molecule has 8 nitrogen and oxygen atoms in total. The molecule has 5 rings (SSSR count). The molecule has 0 saturated carbocycles. The number of anilines is 2. The summed E-state index contributed by atoms with van der Waals surface area (Å²) in [5.41, 5.74) is 3.27. The van der Waals surface area contributed by atoms with Gasteiger partial charge in [-0.3, -0.25) is 9.59 Å². The van der Waals surface area contributed by atoms with E-state index in [2.05, 4.69) is 10.6 Å². The van der Waals surface area contributed by atoms with Crippen molar-refractivity contribution in [2.24, 2.45) is 0 Å². The van der Waals surface area contributed by atoms with Crippen molar-refractivity contribution in [2.75, 3.05) is 17.2 Å². The Morgan fingerprint density at radius 2 is 1.85 bits per heavy atom. The number of nitrogens with one attached hydrogen (secondary N) is 2. The Balaban J connectivity index is 1.35. The summed E-state index contributed by atoms with van der Waals surface area (Å²) in [4.78, 5) is 24.8. The molecule has 0 aliphatic carbocycles. The molecule has 0 saturated heterocycles. The number of carbonyl (C=O) groups is 2. The summed E-state index contributed by atoms with van der Waals surface area (Å²) in [5.74, 6) is -0.215. The van der Waals surface area contributed by atoms with Gasteiger partial charge in [0, 0.05) is 24.3 Å². The molecule has 174 valence electrons. The lowest BCUT2D eigenvalue weighted by atomic mass is 10.0. The summed E-state index contributed by atoms with van der Waals surface area (Å²) in [6.45, 7) is 2.34. The van der Waals surface area contributed by atoms with Crippen molar-refractivity contribution >= 4 is 33.2 Å². The number of hydrogen-bond donors (Lipinski definition) is 2. The maximum atomic E-state index is 13.3. The Kier molecular flexibility index (Phi) is 5.59. The second-order valence-corrected chi connectivity index (χ2v) is 10.2. The maximum absolute atomic E-state index is 13.3. The van der Waals surface area contributed by atoms with E-state index < -0.39 is 22.0 Å². The first-order valence-electron chi connectivity index (χ1n) is 10.9. The predicted molar refractivity (Wildman–Crippen MR) is 127 cm³/mol. The zero-order chi connectivity index (χ0) is 23.9. The van der Waals surface area contributed by atoms with E-state index in [4.69, 9.17) is 4.74 Å². The molecule has 3 aromatic rings. The number of sulfonamides is 1. The monoisotopic (exact) mass is 477 g/mol. The van der Waals surface area contributed by atoms with Crippen LogP contribution in [0.25, 0.3) is 0 Å². The number of benzene rings is 3. The minimum Gasteiger partial charge on any atom is -0.479 e. The van der Waals surface area contributed by atoms with E-state index in [0.717, 1.165) is 11.1 Å². The molecule has 2 heterocycles. The van der Waals surface area contributed by atoms with Gasteiger partial charge in [0.1, 0.15) is 5.75 Å². The van der Waals surface area contributed by atoms with E-state index in [1.165, 1.54) is 16.4 Å². The van der Waals surface area contributed by atoms with Crippen LogP contribution in [-0.4, -0.2) is 37.2 Å². The van der Waals surface area contributed by atoms with Gasteiger partial charge in [-0.2, -0.15) is 4.31 Å². The van der Waals surface area contributed by atoms with Gasteiger partial charge in [0.2, 0.25) is 10.0 Å². The van der Waals surface area contributed by atoms with Crippen molar-refractivity contribution in [1.29, 1.82) is 0 Å². The summed E-state index contributed by atoms with van der Waals surface area (Å²) in [5, 5.41) is 5.49. The van der Waals surface area contributed by atoms with Gasteiger partial charge in [0.25, 0.3) is 11.8 Å². The largest absolute Gasteiger partial charge is 0.479 e. The third-order valence-corrected chi connectivity index (χ3v) is 7.84. The van der Waals surface area contributed by atoms with Crippen LogP contribution in [0.4, 0.5) is 11.4 Å². The standard InChI is InChI=1S/C25H23N3O5S/c1-16-24(29)27-22-14-20(9-10-23(22)33-16)26-25(30)18-7-4-8-21(13-18)34(31,32)28-12-11-17-5-2-3-6-19(17)15-28/h2-10,13-14,16H,11-12,15H2,1H3,(H,26,30)(H,27,29)/t16-/m1/s1. The van der Waals surface area contributed by atoms with E-state index in [1.54, 1.807) is 37.3 Å². The molecule has 9 heteroatoms. The van der Waals surface area contributed by atoms with Gasteiger partial charge in [0.15, 0.2) is 6.10 Å². The third-order valence-electron chi connectivity index (χ3n) is 6.00. The third kappa shape index (κ3) is 4.15. The van der Waals surface area contributed by atoms with Crippen LogP contribution in [0.5, 0.6) is 5.75 Å². The fourth-order valence-corrected chi connectivity index (χ4v) is 5.58. The molecular formula is C25H23N3O5S. The average Bonchev–Trinajstić information content (AvgIpc) is 2.84. The van der Waals surface area contributed by atoms with Crippen LogP contribution in [0, 0.1) is 0 Å². The fraction of sp³-hybridized carbons (Fsp3) is 0.200. The van der Waals surface area contributed by atoms with E-state index in [9.17, 15) is 18.0 Å². The molecular weight excluding hydrogens is 454 g/mol. The van der Waals surface area contributed by atoms with Gasteiger partial charge >= 0.3 is 0 Å².